The van der Waals surface area contributed by atoms with Gasteiger partial charge in [0.1, 0.15) is 0 Å². The highest BCUT2D eigenvalue weighted by Gasteiger charge is 2.12. The van der Waals surface area contributed by atoms with Crippen LogP contribution in [-0.4, -0.2) is 23.3 Å². The standard InChI is InChI=1S/C25H22N4O2S/c26-21-8-7-20(23-2-1-15-32-23)16-22(21)29-25(31)19-5-3-18(4-6-19)24(30)28-14-11-17-9-12-27-13-10-17/h1-10,12-13,15-16H,11,14,26H2,(H,28,30)(H,29,31). The van der Waals surface area contributed by atoms with Crippen LogP contribution in [0.5, 0.6) is 0 Å². The molecule has 2 aromatic heterocycles. The molecule has 0 aliphatic rings. The molecule has 0 bridgehead atoms. The van der Waals surface area contributed by atoms with Crippen molar-refractivity contribution in [3.63, 3.8) is 0 Å². The van der Waals surface area contributed by atoms with Gasteiger partial charge in [0.05, 0.1) is 11.4 Å². The van der Waals surface area contributed by atoms with Gasteiger partial charge in [0.2, 0.25) is 0 Å². The topological polar surface area (TPSA) is 97.1 Å². The Morgan fingerprint density at radius 1 is 0.906 bits per heavy atom. The Hall–Kier alpha value is -3.97. The van der Waals surface area contributed by atoms with Crippen molar-refractivity contribution in [3.8, 4) is 10.4 Å². The molecule has 0 radical (unpaired) electrons. The number of thiophene rings is 1. The first-order chi connectivity index (χ1) is 15.6. The third-order valence-electron chi connectivity index (χ3n) is 4.97. The predicted molar refractivity (Wildman–Crippen MR) is 129 cm³/mol. The number of hydrogen-bond donors (Lipinski definition) is 3. The third-order valence-corrected chi connectivity index (χ3v) is 5.88. The summed E-state index contributed by atoms with van der Waals surface area (Å²) in [5, 5.41) is 7.75. The summed E-state index contributed by atoms with van der Waals surface area (Å²) in [6, 6.07) is 20.0. The number of nitrogens with two attached hydrogens (primary N) is 1. The van der Waals surface area contributed by atoms with Crippen LogP contribution in [0.2, 0.25) is 0 Å². The van der Waals surface area contributed by atoms with Gasteiger partial charge in [-0.15, -0.1) is 11.3 Å². The number of nitrogens with zero attached hydrogens (tertiary/aromatic N) is 1. The molecule has 2 amide bonds. The molecular formula is C25H22N4O2S. The molecule has 32 heavy (non-hydrogen) atoms. The minimum atomic E-state index is -0.287. The van der Waals surface area contributed by atoms with Gasteiger partial charge in [0, 0.05) is 34.9 Å². The average Bonchev–Trinajstić information content (AvgIpc) is 3.36. The highest BCUT2D eigenvalue weighted by Crippen LogP contribution is 2.30. The van der Waals surface area contributed by atoms with Crippen LogP contribution in [0, 0.1) is 0 Å². The van der Waals surface area contributed by atoms with Crippen molar-refractivity contribution < 1.29 is 9.59 Å². The van der Waals surface area contributed by atoms with Crippen molar-refractivity contribution >= 4 is 34.5 Å². The van der Waals surface area contributed by atoms with E-state index in [4.69, 9.17) is 5.73 Å². The van der Waals surface area contributed by atoms with Gasteiger partial charge in [0.15, 0.2) is 0 Å². The van der Waals surface area contributed by atoms with Crippen LogP contribution < -0.4 is 16.4 Å². The fraction of sp³-hybridized carbons (Fsp3) is 0.0800. The molecule has 0 fully saturated rings. The molecule has 160 valence electrons. The number of amides is 2. The summed E-state index contributed by atoms with van der Waals surface area (Å²) in [7, 11) is 0. The molecule has 0 unspecified atom stereocenters. The maximum atomic E-state index is 12.7. The van der Waals surface area contributed by atoms with E-state index in [-0.39, 0.29) is 11.8 Å². The van der Waals surface area contributed by atoms with Gasteiger partial charge in [-0.25, -0.2) is 0 Å². The number of carbonyl (C=O) groups is 2. The van der Waals surface area contributed by atoms with Gasteiger partial charge >= 0.3 is 0 Å². The number of hydrogen-bond acceptors (Lipinski definition) is 5. The van der Waals surface area contributed by atoms with Crippen LogP contribution in [0.15, 0.2) is 84.5 Å². The van der Waals surface area contributed by atoms with Gasteiger partial charge in [0.25, 0.3) is 11.8 Å². The number of carbonyl (C=O) groups excluding carboxylic acids is 2. The average molecular weight is 443 g/mol. The van der Waals surface area contributed by atoms with Crippen molar-refractivity contribution in [2.45, 2.75) is 6.42 Å². The molecule has 2 aromatic carbocycles. The molecule has 4 aromatic rings. The lowest BCUT2D eigenvalue weighted by Crippen LogP contribution is -2.25. The van der Waals surface area contributed by atoms with E-state index in [0.717, 1.165) is 22.4 Å². The second-order valence-electron chi connectivity index (χ2n) is 7.17. The normalized spacial score (nSPS) is 10.5. The van der Waals surface area contributed by atoms with E-state index in [1.54, 1.807) is 54.1 Å². The van der Waals surface area contributed by atoms with Crippen LogP contribution in [0.1, 0.15) is 26.3 Å². The van der Waals surface area contributed by atoms with Crippen LogP contribution >= 0.6 is 11.3 Å². The number of anilines is 2. The summed E-state index contributed by atoms with van der Waals surface area (Å²) >= 11 is 1.62. The molecule has 0 atom stereocenters. The molecule has 6 nitrogen and oxygen atoms in total. The molecule has 4 N–H and O–H groups in total. The van der Waals surface area contributed by atoms with Gasteiger partial charge in [-0.1, -0.05) is 12.1 Å². The smallest absolute Gasteiger partial charge is 0.255 e. The highest BCUT2D eigenvalue weighted by molar-refractivity contribution is 7.13. The van der Waals surface area contributed by atoms with Gasteiger partial charge in [-0.2, -0.15) is 0 Å². The van der Waals surface area contributed by atoms with Crippen LogP contribution in [-0.2, 0) is 6.42 Å². The van der Waals surface area contributed by atoms with E-state index in [9.17, 15) is 9.59 Å². The molecular weight excluding hydrogens is 420 g/mol. The summed E-state index contributed by atoms with van der Waals surface area (Å²) in [5.74, 6) is -0.469. The highest BCUT2D eigenvalue weighted by atomic mass is 32.1. The summed E-state index contributed by atoms with van der Waals surface area (Å²) in [5.41, 5.74) is 10.1. The van der Waals surface area contributed by atoms with Crippen LogP contribution in [0.25, 0.3) is 10.4 Å². The number of nitrogens with one attached hydrogen (secondary N) is 2. The predicted octanol–water partition coefficient (Wildman–Crippen LogP) is 4.62. The summed E-state index contributed by atoms with van der Waals surface area (Å²) in [6.07, 6.45) is 4.18. The van der Waals surface area contributed by atoms with Gasteiger partial charge in [-0.3, -0.25) is 14.6 Å². The minimum absolute atomic E-state index is 0.182. The zero-order valence-corrected chi connectivity index (χ0v) is 18.1. The Balaban J connectivity index is 1.37. The first-order valence-corrected chi connectivity index (χ1v) is 11.0. The molecule has 0 aliphatic carbocycles. The number of aromatic nitrogens is 1. The largest absolute Gasteiger partial charge is 0.397 e. The second kappa shape index (κ2) is 9.89. The van der Waals surface area contributed by atoms with Crippen molar-refractivity contribution in [2.75, 3.05) is 17.6 Å². The zero-order chi connectivity index (χ0) is 22.3. The maximum Gasteiger partial charge on any atom is 0.255 e. The van der Waals surface area contributed by atoms with E-state index in [2.05, 4.69) is 15.6 Å². The lowest BCUT2D eigenvalue weighted by atomic mass is 10.1. The molecule has 0 saturated carbocycles. The Bertz CT molecular complexity index is 1210. The Morgan fingerprint density at radius 2 is 1.62 bits per heavy atom. The molecule has 2 heterocycles. The molecule has 0 saturated heterocycles. The zero-order valence-electron chi connectivity index (χ0n) is 17.2. The lowest BCUT2D eigenvalue weighted by Gasteiger charge is -2.11. The van der Waals surface area contributed by atoms with Crippen molar-refractivity contribution in [3.05, 3.63) is 101 Å². The quantitative estimate of drug-likeness (QED) is 0.364. The first-order valence-electron chi connectivity index (χ1n) is 10.1. The number of rotatable bonds is 7. The first kappa shape index (κ1) is 21.3. The van der Waals surface area contributed by atoms with Crippen molar-refractivity contribution in [1.29, 1.82) is 0 Å². The number of pyridine rings is 1. The Kier molecular flexibility index (Phi) is 6.57. The second-order valence-corrected chi connectivity index (χ2v) is 8.12. The van der Waals surface area contributed by atoms with E-state index in [1.807, 2.05) is 41.8 Å². The third kappa shape index (κ3) is 5.19. The molecule has 0 spiro atoms. The van der Waals surface area contributed by atoms with E-state index >= 15 is 0 Å². The SMILES string of the molecule is Nc1ccc(-c2cccs2)cc1NC(=O)c1ccc(C(=O)NCCc2ccncc2)cc1. The molecule has 7 heteroatoms. The van der Waals surface area contributed by atoms with Crippen molar-refractivity contribution in [1.82, 2.24) is 10.3 Å². The maximum absolute atomic E-state index is 12.7. The van der Waals surface area contributed by atoms with E-state index in [0.29, 0.717) is 29.0 Å². The van der Waals surface area contributed by atoms with Crippen LogP contribution in [0.4, 0.5) is 11.4 Å². The van der Waals surface area contributed by atoms with Gasteiger partial charge < -0.3 is 16.4 Å². The number of nitrogen functional groups attached to an aromatic ring is 1. The minimum Gasteiger partial charge on any atom is -0.397 e. The van der Waals surface area contributed by atoms with Gasteiger partial charge in [-0.05, 0) is 77.5 Å². The molecule has 0 aliphatic heterocycles. The monoisotopic (exact) mass is 442 g/mol. The summed E-state index contributed by atoms with van der Waals surface area (Å²) in [6.45, 7) is 0.519. The Labute approximate surface area is 190 Å². The summed E-state index contributed by atoms with van der Waals surface area (Å²) in [4.78, 5) is 30.1. The van der Waals surface area contributed by atoms with Crippen molar-refractivity contribution in [2.24, 2.45) is 0 Å². The Morgan fingerprint density at radius 3 is 2.31 bits per heavy atom. The molecule has 4 rings (SSSR count). The van der Waals surface area contributed by atoms with E-state index in [1.165, 1.54) is 0 Å². The fourth-order valence-corrected chi connectivity index (χ4v) is 3.92. The fourth-order valence-electron chi connectivity index (χ4n) is 3.20. The van der Waals surface area contributed by atoms with Crippen LogP contribution in [0.3, 0.4) is 0 Å². The number of benzene rings is 2. The van der Waals surface area contributed by atoms with E-state index < -0.39 is 0 Å². The lowest BCUT2D eigenvalue weighted by molar-refractivity contribution is 0.0952. The summed E-state index contributed by atoms with van der Waals surface area (Å²) < 4.78 is 0.